The Morgan fingerprint density at radius 3 is 2.85 bits per heavy atom. The standard InChI is InChI=1S/C12H18O/c1-2-3-4-5-6-9-7-10-8-11(10)12(9)13/h7,10-11H,2-6,8H2,1H3. The molecule has 1 heteroatoms. The van der Waals surface area contributed by atoms with Crippen molar-refractivity contribution in [1.29, 1.82) is 0 Å². The van der Waals surface area contributed by atoms with E-state index in [0.29, 0.717) is 17.6 Å². The Kier molecular flexibility index (Phi) is 2.52. The molecular formula is C12H18O. The van der Waals surface area contributed by atoms with Gasteiger partial charge < -0.3 is 0 Å². The first kappa shape index (κ1) is 8.98. The van der Waals surface area contributed by atoms with Gasteiger partial charge in [0, 0.05) is 5.92 Å². The van der Waals surface area contributed by atoms with Crippen LogP contribution in [0.4, 0.5) is 0 Å². The first-order valence-corrected chi connectivity index (χ1v) is 5.58. The molecule has 1 fully saturated rings. The van der Waals surface area contributed by atoms with Gasteiger partial charge in [-0.25, -0.2) is 0 Å². The van der Waals surface area contributed by atoms with Crippen molar-refractivity contribution >= 4 is 5.78 Å². The minimum atomic E-state index is 0.432. The molecule has 2 atom stereocenters. The summed E-state index contributed by atoms with van der Waals surface area (Å²) in [6.07, 6.45) is 9.52. The monoisotopic (exact) mass is 178 g/mol. The molecular weight excluding hydrogens is 160 g/mol. The van der Waals surface area contributed by atoms with Crippen molar-refractivity contribution in [3.63, 3.8) is 0 Å². The summed E-state index contributed by atoms with van der Waals surface area (Å²) in [5, 5.41) is 0. The molecule has 0 amide bonds. The fourth-order valence-electron chi connectivity index (χ4n) is 2.23. The smallest absolute Gasteiger partial charge is 0.162 e. The minimum absolute atomic E-state index is 0.432. The van der Waals surface area contributed by atoms with Gasteiger partial charge in [-0.2, -0.15) is 0 Å². The third kappa shape index (κ3) is 1.84. The van der Waals surface area contributed by atoms with E-state index in [-0.39, 0.29) is 0 Å². The SMILES string of the molecule is CCCCCCC1=CC2CC2C1=O. The second-order valence-corrected chi connectivity index (χ2v) is 4.37. The Morgan fingerprint density at radius 2 is 2.23 bits per heavy atom. The van der Waals surface area contributed by atoms with Crippen molar-refractivity contribution in [1.82, 2.24) is 0 Å². The largest absolute Gasteiger partial charge is 0.294 e. The van der Waals surface area contributed by atoms with E-state index in [1.54, 1.807) is 0 Å². The number of Topliss-reactive ketones (excluding diaryl/α,β-unsaturated/α-hetero) is 1. The van der Waals surface area contributed by atoms with Crippen molar-refractivity contribution in [3.8, 4) is 0 Å². The fraction of sp³-hybridized carbons (Fsp3) is 0.750. The summed E-state index contributed by atoms with van der Waals surface area (Å²) in [6, 6.07) is 0. The molecule has 0 aromatic heterocycles. The predicted molar refractivity (Wildman–Crippen MR) is 53.4 cm³/mol. The maximum absolute atomic E-state index is 11.5. The molecule has 1 saturated carbocycles. The predicted octanol–water partition coefficient (Wildman–Crippen LogP) is 3.10. The van der Waals surface area contributed by atoms with Gasteiger partial charge in [-0.05, 0) is 30.8 Å². The van der Waals surface area contributed by atoms with Crippen molar-refractivity contribution in [2.45, 2.75) is 45.4 Å². The summed E-state index contributed by atoms with van der Waals surface area (Å²) in [6.45, 7) is 2.22. The average molecular weight is 178 g/mol. The van der Waals surface area contributed by atoms with Crippen molar-refractivity contribution in [2.75, 3.05) is 0 Å². The topological polar surface area (TPSA) is 17.1 Å². The second kappa shape index (κ2) is 3.65. The Balaban J connectivity index is 1.70. The number of fused-ring (bicyclic) bond motifs is 1. The summed E-state index contributed by atoms with van der Waals surface area (Å²) in [4.78, 5) is 11.5. The zero-order valence-electron chi connectivity index (χ0n) is 8.38. The van der Waals surface area contributed by atoms with Gasteiger partial charge in [0.1, 0.15) is 0 Å². The third-order valence-electron chi connectivity index (χ3n) is 3.21. The van der Waals surface area contributed by atoms with Gasteiger partial charge in [0.05, 0.1) is 0 Å². The summed E-state index contributed by atoms with van der Waals surface area (Å²) >= 11 is 0. The lowest BCUT2D eigenvalue weighted by Gasteiger charge is -2.01. The van der Waals surface area contributed by atoms with Crippen molar-refractivity contribution in [3.05, 3.63) is 11.6 Å². The summed E-state index contributed by atoms with van der Waals surface area (Å²) in [5.74, 6) is 1.57. The highest BCUT2D eigenvalue weighted by Gasteiger charge is 2.47. The summed E-state index contributed by atoms with van der Waals surface area (Å²) < 4.78 is 0. The van der Waals surface area contributed by atoms with Gasteiger partial charge in [-0.1, -0.05) is 32.3 Å². The molecule has 2 unspecified atom stereocenters. The molecule has 2 aliphatic carbocycles. The van der Waals surface area contributed by atoms with Crippen LogP contribution < -0.4 is 0 Å². The highest BCUT2D eigenvalue weighted by molar-refractivity contribution is 6.02. The van der Waals surface area contributed by atoms with Crippen LogP contribution in [0.1, 0.15) is 45.4 Å². The fourth-order valence-corrected chi connectivity index (χ4v) is 2.23. The van der Waals surface area contributed by atoms with E-state index in [4.69, 9.17) is 0 Å². The number of ketones is 1. The number of unbranched alkanes of at least 4 members (excludes halogenated alkanes) is 3. The van der Waals surface area contributed by atoms with Gasteiger partial charge in [0.15, 0.2) is 5.78 Å². The maximum Gasteiger partial charge on any atom is 0.162 e. The van der Waals surface area contributed by atoms with Gasteiger partial charge >= 0.3 is 0 Å². The van der Waals surface area contributed by atoms with Crippen LogP contribution in [0, 0.1) is 11.8 Å². The van der Waals surface area contributed by atoms with Gasteiger partial charge in [0.25, 0.3) is 0 Å². The Hall–Kier alpha value is -0.590. The molecule has 0 heterocycles. The lowest BCUT2D eigenvalue weighted by Crippen LogP contribution is -2.00. The molecule has 0 bridgehead atoms. The highest BCUT2D eigenvalue weighted by Crippen LogP contribution is 2.48. The van der Waals surface area contributed by atoms with Gasteiger partial charge in [-0.3, -0.25) is 4.79 Å². The number of carbonyl (C=O) groups is 1. The van der Waals surface area contributed by atoms with Crippen LogP contribution in [0.15, 0.2) is 11.6 Å². The molecule has 0 saturated heterocycles. The Labute approximate surface area is 80.2 Å². The number of carbonyl (C=O) groups excluding carboxylic acids is 1. The van der Waals surface area contributed by atoms with Gasteiger partial charge in [-0.15, -0.1) is 0 Å². The zero-order valence-corrected chi connectivity index (χ0v) is 8.38. The molecule has 0 aliphatic heterocycles. The van der Waals surface area contributed by atoms with E-state index in [1.165, 1.54) is 25.7 Å². The molecule has 0 radical (unpaired) electrons. The number of hydrogen-bond donors (Lipinski definition) is 0. The zero-order chi connectivity index (χ0) is 9.26. The van der Waals surface area contributed by atoms with Crippen molar-refractivity contribution < 1.29 is 4.79 Å². The van der Waals surface area contributed by atoms with E-state index in [2.05, 4.69) is 13.0 Å². The van der Waals surface area contributed by atoms with E-state index >= 15 is 0 Å². The van der Waals surface area contributed by atoms with E-state index in [1.807, 2.05) is 0 Å². The lowest BCUT2D eigenvalue weighted by molar-refractivity contribution is -0.116. The highest BCUT2D eigenvalue weighted by atomic mass is 16.1. The quantitative estimate of drug-likeness (QED) is 0.591. The van der Waals surface area contributed by atoms with Crippen LogP contribution >= 0.6 is 0 Å². The van der Waals surface area contributed by atoms with E-state index in [9.17, 15) is 4.79 Å². The molecule has 0 aromatic rings. The lowest BCUT2D eigenvalue weighted by atomic mass is 10.0. The molecule has 13 heavy (non-hydrogen) atoms. The van der Waals surface area contributed by atoms with E-state index < -0.39 is 0 Å². The normalized spacial score (nSPS) is 30.2. The molecule has 1 nitrogen and oxygen atoms in total. The summed E-state index contributed by atoms with van der Waals surface area (Å²) in [5.41, 5.74) is 1.15. The van der Waals surface area contributed by atoms with Crippen LogP contribution in [-0.2, 0) is 4.79 Å². The van der Waals surface area contributed by atoms with Gasteiger partial charge in [0.2, 0.25) is 0 Å². The number of allylic oxidation sites excluding steroid dienone is 2. The molecule has 2 aliphatic rings. The first-order valence-electron chi connectivity index (χ1n) is 5.58. The van der Waals surface area contributed by atoms with Crippen LogP contribution in [0.2, 0.25) is 0 Å². The Morgan fingerprint density at radius 1 is 1.38 bits per heavy atom. The molecule has 72 valence electrons. The van der Waals surface area contributed by atoms with Crippen molar-refractivity contribution in [2.24, 2.45) is 11.8 Å². The third-order valence-corrected chi connectivity index (χ3v) is 3.21. The number of rotatable bonds is 5. The Bertz CT molecular complexity index is 240. The molecule has 0 spiro atoms. The molecule has 0 aromatic carbocycles. The number of hydrogen-bond acceptors (Lipinski definition) is 1. The van der Waals surface area contributed by atoms with Crippen LogP contribution in [-0.4, -0.2) is 5.78 Å². The molecule has 2 rings (SSSR count). The first-order chi connectivity index (χ1) is 6.33. The van der Waals surface area contributed by atoms with Crippen LogP contribution in [0.5, 0.6) is 0 Å². The summed E-state index contributed by atoms with van der Waals surface area (Å²) in [7, 11) is 0. The van der Waals surface area contributed by atoms with Crippen LogP contribution in [0.25, 0.3) is 0 Å². The minimum Gasteiger partial charge on any atom is -0.294 e. The molecule has 0 N–H and O–H groups in total. The van der Waals surface area contributed by atoms with Crippen LogP contribution in [0.3, 0.4) is 0 Å². The second-order valence-electron chi connectivity index (χ2n) is 4.37. The average Bonchev–Trinajstić information content (AvgIpc) is 2.83. The van der Waals surface area contributed by atoms with E-state index in [0.717, 1.165) is 18.4 Å². The maximum atomic E-state index is 11.5.